The molecule has 2 N–H and O–H groups in total. The van der Waals surface area contributed by atoms with Crippen molar-refractivity contribution in [2.24, 2.45) is 23.8 Å². The lowest BCUT2D eigenvalue weighted by atomic mass is 9.54. The Balaban J connectivity index is 1.10. The molecule has 0 amide bonds. The smallest absolute Gasteiger partial charge is 0.153 e. The zero-order chi connectivity index (χ0) is 51.7. The number of carbonyl (C=O) groups excluding carboxylic acids is 1. The molecule has 1 aromatic heterocycles. The lowest BCUT2D eigenvalue weighted by Gasteiger charge is -2.57. The van der Waals surface area contributed by atoms with E-state index in [-0.39, 0.29) is 72.4 Å². The minimum atomic E-state index is -0.796. The van der Waals surface area contributed by atoms with Crippen LogP contribution in [0.4, 0.5) is 0 Å². The summed E-state index contributed by atoms with van der Waals surface area (Å²) in [7, 11) is 12.6. The number of nitrogens with one attached hydrogen (secondary N) is 2. The molecule has 1 aliphatic carbocycles. The number of nitrogens with zero attached hydrogens (tertiary/aromatic N) is 6. The van der Waals surface area contributed by atoms with Gasteiger partial charge in [0.15, 0.2) is 5.78 Å². The first-order valence-corrected chi connectivity index (χ1v) is 27.6. The summed E-state index contributed by atoms with van der Waals surface area (Å²) >= 11 is 13.3. The Bertz CT molecular complexity index is 2740. The standard InChI is InChI=1S/C60H78Cl2N8O3/c1-12-59-53-30-44(28-40-16-14-13-15-17-40)55(59)67(8)37(3)36(2)64-52-32-47(29-41-18-23-45(61)24-19-41)68(9)56-49(35-72-11)65-54(60(52,56)58(59)71)38(4)70(53)34-43-20-25-46(62)31-51(43)73-48-26-21-42(22-27-48)50-33-63-57(69(50)10)39(5)66(6)7/h13-27,31,33,36-39,44,47,49,52-56,64-65H,12,28-30,32,34-35H2,1-11H3/t36-,37-,38-,39+,44+,47-,49+,52?,53?,54?,55?,56?,59?,60?/m0/s1. The van der Waals surface area contributed by atoms with Crippen LogP contribution in [0.15, 0.2) is 103 Å². The Labute approximate surface area is 444 Å². The molecule has 5 aliphatic rings. The molecule has 4 aromatic carbocycles. The topological polar surface area (TPSA) is 90.4 Å². The Morgan fingerprint density at radius 3 is 2.22 bits per heavy atom. The minimum Gasteiger partial charge on any atom is -0.457 e. The number of carbonyl (C=O) groups is 1. The molecule has 4 aliphatic heterocycles. The van der Waals surface area contributed by atoms with E-state index in [1.54, 1.807) is 7.11 Å². The van der Waals surface area contributed by atoms with Crippen LogP contribution >= 0.6 is 23.2 Å². The Morgan fingerprint density at radius 1 is 0.836 bits per heavy atom. The highest BCUT2D eigenvalue weighted by atomic mass is 35.5. The van der Waals surface area contributed by atoms with Crippen LogP contribution in [-0.4, -0.2) is 137 Å². The molecule has 0 radical (unpaired) electrons. The quantitative estimate of drug-likeness (QED) is 0.112. The van der Waals surface area contributed by atoms with Crippen molar-refractivity contribution in [3.63, 3.8) is 0 Å². The van der Waals surface area contributed by atoms with E-state index in [0.717, 1.165) is 71.3 Å². The number of hydrogen-bond donors (Lipinski definition) is 2. The Hall–Kier alpha value is -4.14. The monoisotopic (exact) mass is 1030 g/mol. The van der Waals surface area contributed by atoms with Crippen molar-refractivity contribution in [2.45, 2.75) is 140 Å². The number of piperidine rings is 1. The summed E-state index contributed by atoms with van der Waals surface area (Å²) in [4.78, 5) is 32.5. The molecule has 13 heteroatoms. The van der Waals surface area contributed by atoms with Crippen molar-refractivity contribution in [3.8, 4) is 22.8 Å². The van der Waals surface area contributed by atoms with Crippen LogP contribution in [0.3, 0.4) is 0 Å². The molecule has 1 spiro atoms. The van der Waals surface area contributed by atoms with E-state index in [2.05, 4.69) is 165 Å². The largest absolute Gasteiger partial charge is 0.457 e. The van der Waals surface area contributed by atoms with Gasteiger partial charge in [-0.2, -0.15) is 0 Å². The summed E-state index contributed by atoms with van der Waals surface area (Å²) in [6.45, 7) is 12.7. The maximum Gasteiger partial charge on any atom is 0.153 e. The molecule has 4 saturated heterocycles. The first-order chi connectivity index (χ1) is 35.0. The van der Waals surface area contributed by atoms with Crippen LogP contribution in [0, 0.1) is 16.7 Å². The van der Waals surface area contributed by atoms with Crippen molar-refractivity contribution >= 4 is 29.0 Å². The van der Waals surface area contributed by atoms with Crippen LogP contribution in [0.25, 0.3) is 11.3 Å². The van der Waals surface area contributed by atoms with Crippen LogP contribution < -0.4 is 15.4 Å². The number of methoxy groups -OCH3 is 1. The van der Waals surface area contributed by atoms with E-state index in [0.29, 0.717) is 24.0 Å². The summed E-state index contributed by atoms with van der Waals surface area (Å²) < 4.78 is 15.3. The molecule has 5 aromatic rings. The number of ketones is 1. The van der Waals surface area contributed by atoms with Crippen molar-refractivity contribution in [1.82, 2.24) is 39.8 Å². The van der Waals surface area contributed by atoms with Crippen LogP contribution in [0.5, 0.6) is 11.5 Å². The van der Waals surface area contributed by atoms with Gasteiger partial charge in [0.1, 0.15) is 17.3 Å². The van der Waals surface area contributed by atoms with Crippen molar-refractivity contribution in [2.75, 3.05) is 41.9 Å². The van der Waals surface area contributed by atoms with Gasteiger partial charge in [0.2, 0.25) is 0 Å². The molecule has 7 unspecified atom stereocenters. The van der Waals surface area contributed by atoms with Crippen LogP contribution in [0.1, 0.15) is 82.4 Å². The van der Waals surface area contributed by atoms with E-state index in [4.69, 9.17) is 37.7 Å². The summed E-state index contributed by atoms with van der Waals surface area (Å²) in [5, 5.41) is 9.94. The highest BCUT2D eigenvalue weighted by molar-refractivity contribution is 6.31. The van der Waals surface area contributed by atoms with Gasteiger partial charge in [0.25, 0.3) is 0 Å². The number of aromatic nitrogens is 2. The maximum absolute atomic E-state index is 17.6. The van der Waals surface area contributed by atoms with Gasteiger partial charge in [0.05, 0.1) is 35.4 Å². The van der Waals surface area contributed by atoms with Gasteiger partial charge in [-0.25, -0.2) is 4.98 Å². The highest BCUT2D eigenvalue weighted by Gasteiger charge is 2.77. The summed E-state index contributed by atoms with van der Waals surface area (Å²) in [6.07, 6.45) is 6.16. The third kappa shape index (κ3) is 8.90. The predicted molar refractivity (Wildman–Crippen MR) is 295 cm³/mol. The predicted octanol–water partition coefficient (Wildman–Crippen LogP) is 9.95. The number of ether oxygens (including phenoxy) is 2. The molecule has 10 rings (SSSR count). The fraction of sp³-hybridized carbons (Fsp3) is 0.533. The third-order valence-corrected chi connectivity index (χ3v) is 19.5. The molecule has 14 atom stereocenters. The normalized spacial score (nSPS) is 33.0. The molecule has 5 fully saturated rings. The molecule has 11 nitrogen and oxygen atoms in total. The second-order valence-electron chi connectivity index (χ2n) is 22.7. The van der Waals surface area contributed by atoms with Gasteiger partial charge in [-0.1, -0.05) is 78.7 Å². The first kappa shape index (κ1) is 52.3. The number of Topliss-reactive ketones (excluding diaryl/α,β-unsaturated/α-hetero) is 1. The van der Waals surface area contributed by atoms with E-state index in [1.165, 1.54) is 11.1 Å². The zero-order valence-electron chi connectivity index (χ0n) is 44.9. The Morgan fingerprint density at radius 2 is 1.53 bits per heavy atom. The zero-order valence-corrected chi connectivity index (χ0v) is 46.4. The van der Waals surface area contributed by atoms with E-state index >= 15 is 4.79 Å². The second kappa shape index (κ2) is 20.8. The fourth-order valence-corrected chi connectivity index (χ4v) is 15.4. The van der Waals surface area contributed by atoms with E-state index in [9.17, 15) is 0 Å². The number of rotatable bonds is 14. The SMILES string of the molecule is CCC12C(=O)C34C5C[C@H](Cc6ccc(Cl)cc6)N(C)C3[C@@H](COC)NC4[C@H](C)N(Cc3ccc(Cl)cc3Oc3ccc(-c4cnc([C@@H](C)N(C)C)n4C)cc3)C1C[C@@H](Cc1ccccc1)C2N(C)[C@@H](C)[C@H](C)N5. The molecule has 2 bridgehead atoms. The van der Waals surface area contributed by atoms with Crippen LogP contribution in [-0.2, 0) is 36.0 Å². The molecular weight excluding hydrogens is 952 g/mol. The van der Waals surface area contributed by atoms with Gasteiger partial charge in [0, 0.05) is 102 Å². The van der Waals surface area contributed by atoms with Gasteiger partial charge in [-0.05, 0) is 154 Å². The van der Waals surface area contributed by atoms with Crippen LogP contribution in [0.2, 0.25) is 10.0 Å². The average molecular weight is 1030 g/mol. The molecule has 1 saturated carbocycles. The first-order valence-electron chi connectivity index (χ1n) is 26.8. The molecule has 5 heterocycles. The summed E-state index contributed by atoms with van der Waals surface area (Å²) in [6, 6.07) is 33.7. The number of imidazole rings is 1. The van der Waals surface area contributed by atoms with Gasteiger partial charge in [-0.15, -0.1) is 0 Å². The summed E-state index contributed by atoms with van der Waals surface area (Å²) in [5.74, 6) is 3.10. The second-order valence-corrected chi connectivity index (χ2v) is 23.6. The van der Waals surface area contributed by atoms with Gasteiger partial charge >= 0.3 is 0 Å². The number of halogens is 2. The van der Waals surface area contributed by atoms with E-state index in [1.807, 2.05) is 42.6 Å². The minimum absolute atomic E-state index is 0.0173. The number of hydrogen-bond acceptors (Lipinski definition) is 10. The van der Waals surface area contributed by atoms with Gasteiger partial charge in [-0.3, -0.25) is 24.4 Å². The van der Waals surface area contributed by atoms with E-state index < -0.39 is 10.8 Å². The molecular formula is C60H78Cl2N8O3. The highest BCUT2D eigenvalue weighted by Crippen LogP contribution is 2.63. The lowest BCUT2D eigenvalue weighted by Crippen LogP contribution is -2.74. The summed E-state index contributed by atoms with van der Waals surface area (Å²) in [5.41, 5.74) is 4.19. The number of likely N-dealkylation sites (tertiary alicyclic amines) is 2. The fourth-order valence-electron chi connectivity index (χ4n) is 15.1. The van der Waals surface area contributed by atoms with Crippen molar-refractivity contribution < 1.29 is 14.3 Å². The third-order valence-electron chi connectivity index (χ3n) is 19.1. The van der Waals surface area contributed by atoms with Crippen molar-refractivity contribution in [3.05, 3.63) is 136 Å². The maximum atomic E-state index is 17.6. The van der Waals surface area contributed by atoms with Crippen molar-refractivity contribution in [1.29, 1.82) is 0 Å². The molecule has 73 heavy (non-hydrogen) atoms. The number of likely N-dealkylation sites (N-methyl/N-ethyl adjacent to an activating group) is 2. The number of benzene rings is 4. The Kier molecular flexibility index (Phi) is 14.9. The lowest BCUT2D eigenvalue weighted by molar-refractivity contribution is -0.154. The average Bonchev–Trinajstić information content (AvgIpc) is 4.04. The molecule has 390 valence electrons. The van der Waals surface area contributed by atoms with Gasteiger partial charge < -0.3 is 24.7 Å².